The quantitative estimate of drug-likeness (QED) is 0.0946. The number of aliphatic hydroxyl groups excluding tert-OH is 4. The van der Waals surface area contributed by atoms with Gasteiger partial charge in [0.25, 0.3) is 0 Å². The van der Waals surface area contributed by atoms with Crippen LogP contribution in [0.4, 0.5) is 0 Å². The van der Waals surface area contributed by atoms with E-state index < -0.39 is 82.6 Å². The molecule has 5 atom stereocenters. The first-order valence-corrected chi connectivity index (χ1v) is 15.0. The van der Waals surface area contributed by atoms with Crippen LogP contribution in [0.5, 0.6) is 28.7 Å². The third-order valence-electron chi connectivity index (χ3n) is 7.94. The summed E-state index contributed by atoms with van der Waals surface area (Å²) in [7, 11) is 0. The number of hydrogen-bond acceptors (Lipinski definition) is 13. The Morgan fingerprint density at radius 3 is 2.27 bits per heavy atom. The fraction of sp³-hybridized carbons (Fsp3) is 0.500. The van der Waals surface area contributed by atoms with Crippen molar-refractivity contribution < 1.29 is 59.5 Å². The van der Waals surface area contributed by atoms with Gasteiger partial charge in [0, 0.05) is 36.1 Å². The highest BCUT2D eigenvalue weighted by atomic mass is 16.7. The van der Waals surface area contributed by atoms with Gasteiger partial charge in [-0.15, -0.1) is 0 Å². The molecule has 3 aromatic rings. The molecule has 2 aromatic carbocycles. The highest BCUT2D eigenvalue weighted by Crippen LogP contribution is 2.43. The normalized spacial score (nSPS) is 21.7. The van der Waals surface area contributed by atoms with E-state index in [1.807, 2.05) is 0 Å². The molecule has 0 bridgehead atoms. The number of carbonyl (C=O) groups is 1. The number of ether oxygens (including phenoxy) is 2. The minimum atomic E-state index is -1.92. The Kier molecular flexibility index (Phi) is 11.3. The molecule has 13 heteroatoms. The molecular weight excluding hydrogens is 592 g/mol. The van der Waals surface area contributed by atoms with E-state index in [1.165, 1.54) is 6.07 Å². The second-order valence-corrected chi connectivity index (χ2v) is 11.3. The van der Waals surface area contributed by atoms with Crippen molar-refractivity contribution in [2.45, 2.75) is 95.4 Å². The van der Waals surface area contributed by atoms with Gasteiger partial charge in [0.2, 0.25) is 17.5 Å². The molecule has 5 unspecified atom stereocenters. The SMILES string of the molecule is CCCCCCCCCC(=O)Cc1c(-c2oc3cc(O)cc(O)c3c(=O)c2OC2OC(CO)C(O)C(O)C2O)ccc(O)c1O. The van der Waals surface area contributed by atoms with Gasteiger partial charge in [-0.1, -0.05) is 45.4 Å². The van der Waals surface area contributed by atoms with Crippen molar-refractivity contribution in [2.75, 3.05) is 6.61 Å². The Morgan fingerprint density at radius 2 is 1.58 bits per heavy atom. The predicted octanol–water partition coefficient (Wildman–Crippen LogP) is 2.71. The van der Waals surface area contributed by atoms with Crippen LogP contribution >= 0.6 is 0 Å². The summed E-state index contributed by atoms with van der Waals surface area (Å²) < 4.78 is 17.0. The molecule has 0 saturated carbocycles. The van der Waals surface area contributed by atoms with E-state index in [0.29, 0.717) is 6.42 Å². The van der Waals surface area contributed by atoms with E-state index in [2.05, 4.69) is 6.92 Å². The van der Waals surface area contributed by atoms with Crippen molar-refractivity contribution in [3.05, 3.63) is 40.1 Å². The highest BCUT2D eigenvalue weighted by molar-refractivity contribution is 5.90. The summed E-state index contributed by atoms with van der Waals surface area (Å²) in [6, 6.07) is 4.29. The maximum atomic E-state index is 13.8. The summed E-state index contributed by atoms with van der Waals surface area (Å²) in [5.74, 6) is -3.71. The van der Waals surface area contributed by atoms with Crippen LogP contribution < -0.4 is 10.2 Å². The lowest BCUT2D eigenvalue weighted by atomic mass is 9.95. The second kappa shape index (κ2) is 14.9. The molecule has 0 aliphatic carbocycles. The third-order valence-corrected chi connectivity index (χ3v) is 7.94. The predicted molar refractivity (Wildman–Crippen MR) is 160 cm³/mol. The van der Waals surface area contributed by atoms with Crippen LogP contribution in [-0.2, 0) is 16.0 Å². The van der Waals surface area contributed by atoms with E-state index in [4.69, 9.17) is 13.9 Å². The minimum absolute atomic E-state index is 0.0698. The van der Waals surface area contributed by atoms with Gasteiger partial charge in [-0.3, -0.25) is 9.59 Å². The van der Waals surface area contributed by atoms with Gasteiger partial charge < -0.3 is 54.7 Å². The van der Waals surface area contributed by atoms with Gasteiger partial charge in [-0.05, 0) is 18.6 Å². The van der Waals surface area contributed by atoms with Crippen molar-refractivity contribution >= 4 is 16.8 Å². The van der Waals surface area contributed by atoms with E-state index in [0.717, 1.165) is 56.7 Å². The summed E-state index contributed by atoms with van der Waals surface area (Å²) in [6.07, 6.45) is -1.94. The zero-order chi connectivity index (χ0) is 32.8. The molecule has 8 N–H and O–H groups in total. The van der Waals surface area contributed by atoms with Crippen LogP contribution in [0.1, 0.15) is 63.9 Å². The average molecular weight is 633 g/mol. The van der Waals surface area contributed by atoms with Gasteiger partial charge in [0.05, 0.1) is 6.61 Å². The maximum Gasteiger partial charge on any atom is 0.239 e. The number of aromatic hydroxyl groups is 4. The zero-order valence-corrected chi connectivity index (χ0v) is 24.9. The number of ketones is 1. The van der Waals surface area contributed by atoms with Crippen LogP contribution in [0, 0.1) is 0 Å². The van der Waals surface area contributed by atoms with E-state index in [1.54, 1.807) is 0 Å². The van der Waals surface area contributed by atoms with Gasteiger partial charge in [0.15, 0.2) is 17.3 Å². The van der Waals surface area contributed by atoms with Crippen LogP contribution in [-0.4, -0.2) is 83.9 Å². The molecule has 1 aliphatic heterocycles. The first-order valence-electron chi connectivity index (χ1n) is 15.0. The van der Waals surface area contributed by atoms with Gasteiger partial charge in [-0.25, -0.2) is 0 Å². The van der Waals surface area contributed by atoms with E-state index >= 15 is 0 Å². The molecule has 13 nitrogen and oxygen atoms in total. The standard InChI is InChI=1S/C32H40O13/c1-2-3-4-5-6-7-8-9-16(34)12-19-18(10-11-20(36)25(19)38)30-31(27(40)24-21(37)13-17(35)14-22(24)43-30)45-32-29(42)28(41)26(39)23(15-33)44-32/h10-11,13-14,23,26,28-29,32-33,35-39,41-42H,2-9,12,15H2,1H3. The van der Waals surface area contributed by atoms with Gasteiger partial charge in [-0.2, -0.15) is 0 Å². The first-order chi connectivity index (χ1) is 21.5. The number of unbranched alkanes of at least 4 members (excludes halogenated alkanes) is 6. The number of fused-ring (bicyclic) bond motifs is 1. The molecule has 0 spiro atoms. The summed E-state index contributed by atoms with van der Waals surface area (Å²) in [6.45, 7) is 1.35. The Morgan fingerprint density at radius 1 is 0.889 bits per heavy atom. The third kappa shape index (κ3) is 7.51. The molecule has 45 heavy (non-hydrogen) atoms. The largest absolute Gasteiger partial charge is 0.508 e. The fourth-order valence-electron chi connectivity index (χ4n) is 5.41. The van der Waals surface area contributed by atoms with Crippen molar-refractivity contribution in [1.82, 2.24) is 0 Å². The van der Waals surface area contributed by atoms with Crippen LogP contribution in [0.2, 0.25) is 0 Å². The molecule has 246 valence electrons. The molecule has 1 aromatic heterocycles. The Hall–Kier alpha value is -3.88. The lowest BCUT2D eigenvalue weighted by Crippen LogP contribution is -2.60. The lowest BCUT2D eigenvalue weighted by molar-refractivity contribution is -0.277. The number of aliphatic hydroxyl groups is 4. The fourth-order valence-corrected chi connectivity index (χ4v) is 5.41. The minimum Gasteiger partial charge on any atom is -0.508 e. The number of carbonyl (C=O) groups excluding carboxylic acids is 1. The monoisotopic (exact) mass is 632 g/mol. The van der Waals surface area contributed by atoms with Crippen LogP contribution in [0.25, 0.3) is 22.3 Å². The summed E-state index contributed by atoms with van der Waals surface area (Å²) in [5.41, 5.74) is -1.50. The average Bonchev–Trinajstić information content (AvgIpc) is 3.00. The number of phenolic OH excluding ortho intramolecular Hbond substituents is 4. The number of hydrogen-bond donors (Lipinski definition) is 8. The van der Waals surface area contributed by atoms with Crippen molar-refractivity contribution in [1.29, 1.82) is 0 Å². The Bertz CT molecular complexity index is 1550. The number of phenols is 4. The van der Waals surface area contributed by atoms with Gasteiger partial charge >= 0.3 is 0 Å². The topological polar surface area (TPSA) is 228 Å². The lowest BCUT2D eigenvalue weighted by Gasteiger charge is -2.39. The molecule has 1 fully saturated rings. The maximum absolute atomic E-state index is 13.8. The highest BCUT2D eigenvalue weighted by Gasteiger charge is 2.45. The molecule has 0 amide bonds. The second-order valence-electron chi connectivity index (χ2n) is 11.3. The smallest absolute Gasteiger partial charge is 0.239 e. The van der Waals surface area contributed by atoms with Crippen LogP contribution in [0.3, 0.4) is 0 Å². The molecular formula is C32H40O13. The summed E-state index contributed by atoms with van der Waals surface area (Å²) in [5, 5.41) is 81.8. The number of Topliss-reactive ketones (excluding diaryl/α,β-unsaturated/α-hetero) is 1. The molecule has 1 aliphatic rings. The van der Waals surface area contributed by atoms with Crippen molar-refractivity contribution in [3.8, 4) is 40.1 Å². The van der Waals surface area contributed by atoms with Crippen molar-refractivity contribution in [2.24, 2.45) is 0 Å². The van der Waals surface area contributed by atoms with Gasteiger partial charge in [0.1, 0.15) is 52.7 Å². The molecule has 1 saturated heterocycles. The van der Waals surface area contributed by atoms with E-state index in [9.17, 15) is 50.4 Å². The van der Waals surface area contributed by atoms with Crippen LogP contribution in [0.15, 0.2) is 33.5 Å². The van der Waals surface area contributed by atoms with E-state index in [-0.39, 0.29) is 35.3 Å². The first kappa shape index (κ1) is 34.0. The summed E-state index contributed by atoms with van der Waals surface area (Å²) >= 11 is 0. The summed E-state index contributed by atoms with van der Waals surface area (Å²) in [4.78, 5) is 26.8. The number of rotatable bonds is 14. The zero-order valence-electron chi connectivity index (χ0n) is 24.9. The molecule has 2 heterocycles. The Labute approximate surface area is 258 Å². The van der Waals surface area contributed by atoms with Crippen molar-refractivity contribution in [3.63, 3.8) is 0 Å². The number of benzene rings is 2. The molecule has 4 rings (SSSR count). The molecule has 0 radical (unpaired) electrons. The Balaban J connectivity index is 1.76.